The molecule has 0 amide bonds. The van der Waals surface area contributed by atoms with E-state index < -0.39 is 0 Å². The Balaban J connectivity index is 2.28. The molecular formula is C12H17FN2. The van der Waals surface area contributed by atoms with Crippen LogP contribution in [0.25, 0.3) is 0 Å². The lowest BCUT2D eigenvalue weighted by Crippen LogP contribution is -2.33. The molecule has 0 aliphatic carbocycles. The second kappa shape index (κ2) is 4.19. The van der Waals surface area contributed by atoms with Crippen molar-refractivity contribution >= 4 is 5.69 Å². The summed E-state index contributed by atoms with van der Waals surface area (Å²) >= 11 is 0. The van der Waals surface area contributed by atoms with E-state index in [4.69, 9.17) is 5.73 Å². The molecule has 0 aromatic heterocycles. The van der Waals surface area contributed by atoms with Gasteiger partial charge in [-0.05, 0) is 50.1 Å². The van der Waals surface area contributed by atoms with Gasteiger partial charge >= 0.3 is 0 Å². The molecule has 1 aliphatic rings. The summed E-state index contributed by atoms with van der Waals surface area (Å²) in [4.78, 5) is 2.32. The second-order valence-electron chi connectivity index (χ2n) is 3.99. The highest BCUT2D eigenvalue weighted by Gasteiger charge is 2.27. The first-order chi connectivity index (χ1) is 7.26. The van der Waals surface area contributed by atoms with E-state index in [2.05, 4.69) is 11.8 Å². The van der Waals surface area contributed by atoms with Gasteiger partial charge in [0.05, 0.1) is 0 Å². The highest BCUT2D eigenvalue weighted by Crippen LogP contribution is 2.33. The summed E-state index contributed by atoms with van der Waals surface area (Å²) in [6.45, 7) is 3.78. The SMILES string of the molecule is CCN1c2ccc(F)cc2CC1CCN. The fraction of sp³-hybridized carbons (Fsp3) is 0.500. The molecule has 2 rings (SSSR count). The molecule has 0 fully saturated rings. The lowest BCUT2D eigenvalue weighted by Gasteiger charge is -2.25. The number of halogens is 1. The zero-order chi connectivity index (χ0) is 10.8. The van der Waals surface area contributed by atoms with Crippen LogP contribution in [-0.2, 0) is 6.42 Å². The summed E-state index contributed by atoms with van der Waals surface area (Å²) in [7, 11) is 0. The van der Waals surface area contributed by atoms with Crippen LogP contribution >= 0.6 is 0 Å². The van der Waals surface area contributed by atoms with Crippen LogP contribution in [0.15, 0.2) is 18.2 Å². The third-order valence-electron chi connectivity index (χ3n) is 3.09. The minimum absolute atomic E-state index is 0.141. The van der Waals surface area contributed by atoms with Crippen LogP contribution in [0.5, 0.6) is 0 Å². The average molecular weight is 208 g/mol. The van der Waals surface area contributed by atoms with Crippen molar-refractivity contribution < 1.29 is 4.39 Å². The normalized spacial score (nSPS) is 19.4. The number of fused-ring (bicyclic) bond motifs is 1. The number of nitrogens with zero attached hydrogens (tertiary/aromatic N) is 1. The summed E-state index contributed by atoms with van der Waals surface area (Å²) in [5.74, 6) is -0.141. The van der Waals surface area contributed by atoms with Crippen molar-refractivity contribution in [3.8, 4) is 0 Å². The van der Waals surface area contributed by atoms with Crippen LogP contribution in [0.2, 0.25) is 0 Å². The van der Waals surface area contributed by atoms with Gasteiger partial charge in [0.25, 0.3) is 0 Å². The Morgan fingerprint density at radius 1 is 1.53 bits per heavy atom. The zero-order valence-corrected chi connectivity index (χ0v) is 9.04. The molecule has 1 aliphatic heterocycles. The first-order valence-electron chi connectivity index (χ1n) is 5.51. The predicted molar refractivity (Wildman–Crippen MR) is 60.6 cm³/mol. The van der Waals surface area contributed by atoms with Gasteiger partial charge in [0.1, 0.15) is 5.82 Å². The second-order valence-corrected chi connectivity index (χ2v) is 3.99. The fourth-order valence-corrected chi connectivity index (χ4v) is 2.44. The Kier molecular flexibility index (Phi) is 2.91. The third kappa shape index (κ3) is 1.84. The van der Waals surface area contributed by atoms with E-state index in [-0.39, 0.29) is 5.82 Å². The Hall–Kier alpha value is -1.09. The van der Waals surface area contributed by atoms with E-state index in [0.717, 1.165) is 24.9 Å². The number of likely N-dealkylation sites (N-methyl/N-ethyl adjacent to an activating group) is 1. The summed E-state index contributed by atoms with van der Waals surface area (Å²) < 4.78 is 13.1. The summed E-state index contributed by atoms with van der Waals surface area (Å²) in [5.41, 5.74) is 7.89. The van der Waals surface area contributed by atoms with Crippen LogP contribution < -0.4 is 10.6 Å². The first kappa shape index (κ1) is 10.4. The van der Waals surface area contributed by atoms with Crippen molar-refractivity contribution in [1.29, 1.82) is 0 Å². The number of nitrogens with two attached hydrogens (primary N) is 1. The Bertz CT molecular complexity index is 351. The van der Waals surface area contributed by atoms with E-state index in [1.807, 2.05) is 6.07 Å². The van der Waals surface area contributed by atoms with Crippen LogP contribution in [0, 0.1) is 5.82 Å². The molecular weight excluding hydrogens is 191 g/mol. The van der Waals surface area contributed by atoms with Crippen LogP contribution in [0.1, 0.15) is 18.9 Å². The molecule has 0 saturated heterocycles. The zero-order valence-electron chi connectivity index (χ0n) is 9.04. The van der Waals surface area contributed by atoms with Crippen molar-refractivity contribution in [2.75, 3.05) is 18.0 Å². The highest BCUT2D eigenvalue weighted by molar-refractivity contribution is 5.59. The van der Waals surface area contributed by atoms with Crippen molar-refractivity contribution in [2.45, 2.75) is 25.8 Å². The molecule has 3 heteroatoms. The quantitative estimate of drug-likeness (QED) is 0.822. The topological polar surface area (TPSA) is 29.3 Å². The van der Waals surface area contributed by atoms with Crippen LogP contribution in [0.3, 0.4) is 0 Å². The lowest BCUT2D eigenvalue weighted by atomic mass is 10.1. The summed E-state index contributed by atoms with van der Waals surface area (Å²) in [6.07, 6.45) is 1.91. The van der Waals surface area contributed by atoms with Gasteiger partial charge in [0.15, 0.2) is 0 Å². The van der Waals surface area contributed by atoms with Crippen LogP contribution in [-0.4, -0.2) is 19.1 Å². The van der Waals surface area contributed by atoms with Crippen molar-refractivity contribution in [2.24, 2.45) is 5.73 Å². The maximum absolute atomic E-state index is 13.1. The van der Waals surface area contributed by atoms with Gasteiger partial charge in [-0.15, -0.1) is 0 Å². The van der Waals surface area contributed by atoms with E-state index in [9.17, 15) is 4.39 Å². The largest absolute Gasteiger partial charge is 0.368 e. The minimum atomic E-state index is -0.141. The van der Waals surface area contributed by atoms with Gasteiger partial charge in [-0.2, -0.15) is 0 Å². The van der Waals surface area contributed by atoms with E-state index in [1.54, 1.807) is 6.07 Å². The molecule has 1 aromatic rings. The van der Waals surface area contributed by atoms with Gasteiger partial charge in [-0.1, -0.05) is 0 Å². The summed E-state index contributed by atoms with van der Waals surface area (Å²) in [6, 6.07) is 5.52. The minimum Gasteiger partial charge on any atom is -0.368 e. The molecule has 1 aromatic carbocycles. The van der Waals surface area contributed by atoms with Crippen molar-refractivity contribution in [3.05, 3.63) is 29.6 Å². The Labute approximate surface area is 89.9 Å². The third-order valence-corrected chi connectivity index (χ3v) is 3.09. The number of rotatable bonds is 3. The van der Waals surface area contributed by atoms with Gasteiger partial charge < -0.3 is 10.6 Å². The van der Waals surface area contributed by atoms with Gasteiger partial charge in [0, 0.05) is 18.3 Å². The molecule has 0 spiro atoms. The van der Waals surface area contributed by atoms with Gasteiger partial charge in [-0.3, -0.25) is 0 Å². The highest BCUT2D eigenvalue weighted by atomic mass is 19.1. The number of benzene rings is 1. The van der Waals surface area contributed by atoms with E-state index in [0.29, 0.717) is 12.6 Å². The first-order valence-corrected chi connectivity index (χ1v) is 5.51. The maximum Gasteiger partial charge on any atom is 0.123 e. The fourth-order valence-electron chi connectivity index (χ4n) is 2.44. The van der Waals surface area contributed by atoms with Crippen LogP contribution in [0.4, 0.5) is 10.1 Å². The summed E-state index contributed by atoms with van der Waals surface area (Å²) in [5, 5.41) is 0. The Morgan fingerprint density at radius 2 is 2.33 bits per heavy atom. The average Bonchev–Trinajstić information content (AvgIpc) is 2.54. The van der Waals surface area contributed by atoms with Crippen molar-refractivity contribution in [1.82, 2.24) is 0 Å². The molecule has 1 heterocycles. The molecule has 1 unspecified atom stereocenters. The molecule has 0 bridgehead atoms. The number of anilines is 1. The number of hydrogen-bond donors (Lipinski definition) is 1. The molecule has 1 atom stereocenters. The lowest BCUT2D eigenvalue weighted by molar-refractivity contribution is 0.592. The molecule has 0 saturated carbocycles. The molecule has 15 heavy (non-hydrogen) atoms. The Morgan fingerprint density at radius 3 is 3.00 bits per heavy atom. The smallest absolute Gasteiger partial charge is 0.123 e. The molecule has 0 radical (unpaired) electrons. The standard InChI is InChI=1S/C12H17FN2/c1-2-15-11(5-6-14)8-9-7-10(13)3-4-12(9)15/h3-4,7,11H,2,5-6,8,14H2,1H3. The molecule has 2 nitrogen and oxygen atoms in total. The van der Waals surface area contributed by atoms with Gasteiger partial charge in [0.2, 0.25) is 0 Å². The number of hydrogen-bond acceptors (Lipinski definition) is 2. The van der Waals surface area contributed by atoms with Crippen molar-refractivity contribution in [3.63, 3.8) is 0 Å². The van der Waals surface area contributed by atoms with Gasteiger partial charge in [-0.25, -0.2) is 4.39 Å². The molecule has 82 valence electrons. The monoisotopic (exact) mass is 208 g/mol. The van der Waals surface area contributed by atoms with E-state index >= 15 is 0 Å². The maximum atomic E-state index is 13.1. The molecule has 2 N–H and O–H groups in total. The van der Waals surface area contributed by atoms with E-state index in [1.165, 1.54) is 11.8 Å². The predicted octanol–water partition coefficient (Wildman–Crippen LogP) is 1.93.